The lowest BCUT2D eigenvalue weighted by Gasteiger charge is -2.31. The molecule has 19 heavy (non-hydrogen) atoms. The summed E-state index contributed by atoms with van der Waals surface area (Å²) in [5.74, 6) is -0.166. The summed E-state index contributed by atoms with van der Waals surface area (Å²) in [5, 5.41) is 9.87. The van der Waals surface area contributed by atoms with Gasteiger partial charge in [0.1, 0.15) is 0 Å². The summed E-state index contributed by atoms with van der Waals surface area (Å²) in [7, 11) is 0. The van der Waals surface area contributed by atoms with Gasteiger partial charge in [-0.3, -0.25) is 4.79 Å². The Morgan fingerprint density at radius 2 is 1.16 bits per heavy atom. The second kappa shape index (κ2) is 11.2. The van der Waals surface area contributed by atoms with Gasteiger partial charge >= 0.3 is 0 Å². The highest BCUT2D eigenvalue weighted by Gasteiger charge is 2.34. The SMILES string of the molecule is CCNCCC(CCNCC)(CCNCC)C(N)=O. The maximum atomic E-state index is 11.9. The van der Waals surface area contributed by atoms with Crippen molar-refractivity contribution >= 4 is 5.91 Å². The number of amides is 1. The fourth-order valence-corrected chi connectivity index (χ4v) is 2.26. The van der Waals surface area contributed by atoms with E-state index in [4.69, 9.17) is 5.73 Å². The first-order valence-electron chi connectivity index (χ1n) is 7.55. The third-order valence-corrected chi connectivity index (χ3v) is 3.61. The van der Waals surface area contributed by atoms with Gasteiger partial charge < -0.3 is 21.7 Å². The van der Waals surface area contributed by atoms with E-state index >= 15 is 0 Å². The van der Waals surface area contributed by atoms with Gasteiger partial charge in [-0.1, -0.05) is 20.8 Å². The molecule has 5 nitrogen and oxygen atoms in total. The van der Waals surface area contributed by atoms with Crippen LogP contribution < -0.4 is 21.7 Å². The predicted octanol–water partition coefficient (Wildman–Crippen LogP) is 0.457. The molecule has 0 rings (SSSR count). The molecular formula is C14H32N4O. The monoisotopic (exact) mass is 272 g/mol. The molecule has 0 aromatic heterocycles. The lowest BCUT2D eigenvalue weighted by molar-refractivity contribution is -0.128. The Labute approximate surface area is 118 Å². The van der Waals surface area contributed by atoms with Crippen LogP contribution in [0.1, 0.15) is 40.0 Å². The smallest absolute Gasteiger partial charge is 0.223 e. The van der Waals surface area contributed by atoms with Crippen LogP contribution in [0.3, 0.4) is 0 Å². The van der Waals surface area contributed by atoms with Gasteiger partial charge in [0, 0.05) is 0 Å². The summed E-state index contributed by atoms with van der Waals surface area (Å²) in [6.07, 6.45) is 2.44. The molecule has 0 atom stereocenters. The van der Waals surface area contributed by atoms with Gasteiger partial charge in [0.2, 0.25) is 5.91 Å². The molecule has 0 unspecified atom stereocenters. The van der Waals surface area contributed by atoms with Crippen LogP contribution in [0.2, 0.25) is 0 Å². The fourth-order valence-electron chi connectivity index (χ4n) is 2.26. The van der Waals surface area contributed by atoms with Crippen LogP contribution in [0.25, 0.3) is 0 Å². The summed E-state index contributed by atoms with van der Waals surface area (Å²) in [6.45, 7) is 11.5. The van der Waals surface area contributed by atoms with Gasteiger partial charge in [-0.05, 0) is 58.5 Å². The number of primary amides is 1. The van der Waals surface area contributed by atoms with E-state index in [1.807, 2.05) is 0 Å². The highest BCUT2D eigenvalue weighted by Crippen LogP contribution is 2.29. The van der Waals surface area contributed by atoms with Crippen LogP contribution in [0.15, 0.2) is 0 Å². The first-order chi connectivity index (χ1) is 9.13. The number of nitrogens with one attached hydrogen (secondary N) is 3. The van der Waals surface area contributed by atoms with Gasteiger partial charge in [0.25, 0.3) is 0 Å². The number of rotatable bonds is 13. The third-order valence-electron chi connectivity index (χ3n) is 3.61. The van der Waals surface area contributed by atoms with Crippen molar-refractivity contribution in [3.8, 4) is 0 Å². The summed E-state index contributed by atoms with van der Waals surface area (Å²) in [6, 6.07) is 0. The molecule has 0 aliphatic carbocycles. The van der Waals surface area contributed by atoms with E-state index in [1.54, 1.807) is 0 Å². The topological polar surface area (TPSA) is 79.2 Å². The van der Waals surface area contributed by atoms with Crippen LogP contribution >= 0.6 is 0 Å². The quantitative estimate of drug-likeness (QED) is 0.367. The summed E-state index contributed by atoms with van der Waals surface area (Å²) >= 11 is 0. The van der Waals surface area contributed by atoms with Crippen molar-refractivity contribution < 1.29 is 4.79 Å². The standard InChI is InChI=1S/C14H32N4O/c1-4-16-10-7-14(13(15)19,8-11-17-5-2)9-12-18-6-3/h16-18H,4-12H2,1-3H3,(H2,15,19). The van der Waals surface area contributed by atoms with E-state index in [9.17, 15) is 4.79 Å². The molecule has 0 aliphatic rings. The number of nitrogens with two attached hydrogens (primary N) is 1. The van der Waals surface area contributed by atoms with Crippen LogP contribution in [0.5, 0.6) is 0 Å². The lowest BCUT2D eigenvalue weighted by Crippen LogP contribution is -2.43. The maximum Gasteiger partial charge on any atom is 0.223 e. The summed E-state index contributed by atoms with van der Waals surface area (Å²) < 4.78 is 0. The van der Waals surface area contributed by atoms with Crippen LogP contribution in [0.4, 0.5) is 0 Å². The molecule has 0 fully saturated rings. The maximum absolute atomic E-state index is 11.9. The molecular weight excluding hydrogens is 240 g/mol. The highest BCUT2D eigenvalue weighted by atomic mass is 16.1. The molecule has 114 valence electrons. The minimum absolute atomic E-state index is 0.166. The van der Waals surface area contributed by atoms with Gasteiger partial charge in [-0.15, -0.1) is 0 Å². The average molecular weight is 272 g/mol. The Hall–Kier alpha value is -0.650. The third kappa shape index (κ3) is 7.50. The van der Waals surface area contributed by atoms with Gasteiger partial charge in [-0.2, -0.15) is 0 Å². The molecule has 0 aliphatic heterocycles. The van der Waals surface area contributed by atoms with Crippen LogP contribution in [-0.2, 0) is 4.79 Å². The van der Waals surface area contributed by atoms with Crippen molar-refractivity contribution in [3.63, 3.8) is 0 Å². The van der Waals surface area contributed by atoms with E-state index in [0.717, 1.165) is 58.5 Å². The molecule has 0 spiro atoms. The first kappa shape index (κ1) is 18.4. The van der Waals surface area contributed by atoms with Gasteiger partial charge in [0.15, 0.2) is 0 Å². The largest absolute Gasteiger partial charge is 0.369 e. The van der Waals surface area contributed by atoms with E-state index in [0.29, 0.717) is 0 Å². The van der Waals surface area contributed by atoms with E-state index < -0.39 is 5.41 Å². The molecule has 1 amide bonds. The number of hydrogen-bond donors (Lipinski definition) is 4. The molecule has 5 N–H and O–H groups in total. The molecule has 0 heterocycles. The summed E-state index contributed by atoms with van der Waals surface area (Å²) in [5.41, 5.74) is 5.30. The van der Waals surface area contributed by atoms with Crippen molar-refractivity contribution in [2.75, 3.05) is 39.3 Å². The second-order valence-corrected chi connectivity index (χ2v) is 4.96. The normalized spacial score (nSPS) is 11.7. The fraction of sp³-hybridized carbons (Fsp3) is 0.929. The zero-order valence-electron chi connectivity index (χ0n) is 12.8. The second-order valence-electron chi connectivity index (χ2n) is 4.96. The van der Waals surface area contributed by atoms with Crippen LogP contribution in [0, 0.1) is 5.41 Å². The first-order valence-corrected chi connectivity index (χ1v) is 7.55. The van der Waals surface area contributed by atoms with Crippen molar-refractivity contribution in [1.82, 2.24) is 16.0 Å². The van der Waals surface area contributed by atoms with Crippen molar-refractivity contribution in [2.24, 2.45) is 11.1 Å². The highest BCUT2D eigenvalue weighted by molar-refractivity contribution is 5.80. The Kier molecular flexibility index (Phi) is 10.8. The molecule has 0 aromatic carbocycles. The zero-order chi connectivity index (χ0) is 14.6. The summed E-state index contributed by atoms with van der Waals surface area (Å²) in [4.78, 5) is 11.9. The molecule has 0 aromatic rings. The van der Waals surface area contributed by atoms with Crippen molar-refractivity contribution in [2.45, 2.75) is 40.0 Å². The Morgan fingerprint density at radius 3 is 1.37 bits per heavy atom. The van der Waals surface area contributed by atoms with Gasteiger partial charge in [0.05, 0.1) is 5.41 Å². The van der Waals surface area contributed by atoms with E-state index in [1.165, 1.54) is 0 Å². The van der Waals surface area contributed by atoms with Gasteiger partial charge in [-0.25, -0.2) is 0 Å². The molecule has 0 radical (unpaired) electrons. The zero-order valence-corrected chi connectivity index (χ0v) is 12.8. The average Bonchev–Trinajstić information content (AvgIpc) is 2.38. The van der Waals surface area contributed by atoms with E-state index in [2.05, 4.69) is 36.7 Å². The van der Waals surface area contributed by atoms with Crippen molar-refractivity contribution in [3.05, 3.63) is 0 Å². The Morgan fingerprint density at radius 1 is 0.842 bits per heavy atom. The number of carbonyl (C=O) groups excluding carboxylic acids is 1. The number of carbonyl (C=O) groups is 1. The Bertz CT molecular complexity index is 207. The minimum atomic E-state index is -0.396. The minimum Gasteiger partial charge on any atom is -0.369 e. The molecule has 0 saturated carbocycles. The molecule has 5 heteroatoms. The van der Waals surface area contributed by atoms with E-state index in [-0.39, 0.29) is 5.91 Å². The molecule has 0 bridgehead atoms. The van der Waals surface area contributed by atoms with Crippen molar-refractivity contribution in [1.29, 1.82) is 0 Å². The van der Waals surface area contributed by atoms with Crippen LogP contribution in [-0.4, -0.2) is 45.2 Å². The predicted molar refractivity (Wildman–Crippen MR) is 81.1 cm³/mol. The number of hydrogen-bond acceptors (Lipinski definition) is 4. The molecule has 0 saturated heterocycles. The lowest BCUT2D eigenvalue weighted by atomic mass is 9.77. The Balaban J connectivity index is 4.53.